The summed E-state index contributed by atoms with van der Waals surface area (Å²) in [5.74, 6) is -1.93. The second-order valence-corrected chi connectivity index (χ2v) is 7.36. The van der Waals surface area contributed by atoms with Crippen molar-refractivity contribution in [1.82, 2.24) is 4.90 Å². The second-order valence-electron chi connectivity index (χ2n) is 7.36. The van der Waals surface area contributed by atoms with Crippen LogP contribution < -0.4 is 5.32 Å². The van der Waals surface area contributed by atoms with Crippen LogP contribution in [0.5, 0.6) is 0 Å². The van der Waals surface area contributed by atoms with Crippen LogP contribution >= 0.6 is 0 Å². The maximum absolute atomic E-state index is 12.5. The summed E-state index contributed by atoms with van der Waals surface area (Å²) >= 11 is 0. The predicted octanol–water partition coefficient (Wildman–Crippen LogP) is 3.19. The van der Waals surface area contributed by atoms with E-state index in [9.17, 15) is 19.5 Å². The molecule has 1 aliphatic rings. The molecule has 2 aromatic rings. The van der Waals surface area contributed by atoms with Gasteiger partial charge in [0.1, 0.15) is 17.4 Å². The summed E-state index contributed by atoms with van der Waals surface area (Å²) in [7, 11) is 0. The molecule has 1 saturated heterocycles. The number of nitrogens with zero attached hydrogens (tertiary/aromatic N) is 2. The van der Waals surface area contributed by atoms with Gasteiger partial charge in [0.2, 0.25) is 5.91 Å². The Bertz CT molecular complexity index is 1190. The lowest BCUT2D eigenvalue weighted by Gasteiger charge is -2.25. The summed E-state index contributed by atoms with van der Waals surface area (Å²) in [6.45, 7) is 6.36. The molecule has 9 heteroatoms. The fourth-order valence-corrected chi connectivity index (χ4v) is 3.33. The number of nitriles is 1. The molecular formula is C23H23N3O6. The Morgan fingerprint density at radius 2 is 1.88 bits per heavy atom. The number of benzene rings is 1. The van der Waals surface area contributed by atoms with Crippen LogP contribution in [0.2, 0.25) is 0 Å². The van der Waals surface area contributed by atoms with Gasteiger partial charge < -0.3 is 24.5 Å². The smallest absolute Gasteiger partial charge is 0.269 e. The Hall–Kier alpha value is -3.90. The average Bonchev–Trinajstić information content (AvgIpc) is 3.12. The van der Waals surface area contributed by atoms with Gasteiger partial charge in [-0.3, -0.25) is 14.4 Å². The van der Waals surface area contributed by atoms with Gasteiger partial charge >= 0.3 is 0 Å². The minimum atomic E-state index is -0.863. The fourth-order valence-electron chi connectivity index (χ4n) is 3.33. The Balaban J connectivity index is 2.00. The van der Waals surface area contributed by atoms with Crippen molar-refractivity contribution in [3.8, 4) is 6.07 Å². The van der Waals surface area contributed by atoms with E-state index in [1.807, 2.05) is 0 Å². The molecule has 2 amide bonds. The van der Waals surface area contributed by atoms with Crippen LogP contribution in [-0.4, -0.2) is 53.9 Å². The maximum atomic E-state index is 12.5. The van der Waals surface area contributed by atoms with Gasteiger partial charge in [-0.25, -0.2) is 0 Å². The molecule has 166 valence electrons. The number of aliphatic hydroxyl groups excluding tert-OH is 1. The normalized spacial score (nSPS) is 15.2. The molecule has 0 unspecified atom stereocenters. The number of rotatable bonds is 5. The third-order valence-electron chi connectivity index (χ3n) is 5.07. The summed E-state index contributed by atoms with van der Waals surface area (Å²) in [4.78, 5) is 38.8. The zero-order valence-corrected chi connectivity index (χ0v) is 18.0. The van der Waals surface area contributed by atoms with E-state index < -0.39 is 23.0 Å². The molecule has 9 nitrogen and oxygen atoms in total. The van der Waals surface area contributed by atoms with Gasteiger partial charge in [0.05, 0.1) is 18.9 Å². The highest BCUT2D eigenvalue weighted by Crippen LogP contribution is 2.34. The van der Waals surface area contributed by atoms with Crippen molar-refractivity contribution in [2.45, 2.75) is 20.8 Å². The number of ketones is 1. The first kappa shape index (κ1) is 22.8. The third kappa shape index (κ3) is 4.71. The fraction of sp³-hybridized carbons (Fsp3) is 0.304. The summed E-state index contributed by atoms with van der Waals surface area (Å²) in [5, 5.41) is 21.6. The topological polar surface area (TPSA) is 133 Å². The molecule has 0 atom stereocenters. The van der Waals surface area contributed by atoms with Gasteiger partial charge in [0, 0.05) is 31.5 Å². The summed E-state index contributed by atoms with van der Waals surface area (Å²) < 4.78 is 10.9. The standard InChI is InChI=1S/C23H23N3O6/c1-13(10-20(29)26-6-8-31-9-7-26)16-4-5-19-17(11-16)21(22(32-19)15(3)28)25-23(30)18(12-24)14(2)27/h4-5,10-11,27H,6-9H2,1-3H3,(H,25,30)/b13-10+,18-14-. The number of allylic oxidation sites excluding steroid dienone is 2. The maximum Gasteiger partial charge on any atom is 0.269 e. The molecule has 1 aliphatic heterocycles. The number of fused-ring (bicyclic) bond motifs is 1. The molecule has 1 aromatic heterocycles. The van der Waals surface area contributed by atoms with Crippen LogP contribution in [0, 0.1) is 11.3 Å². The van der Waals surface area contributed by atoms with E-state index >= 15 is 0 Å². The van der Waals surface area contributed by atoms with E-state index in [1.165, 1.54) is 19.9 Å². The van der Waals surface area contributed by atoms with Crippen LogP contribution in [0.15, 0.2) is 40.0 Å². The van der Waals surface area contributed by atoms with Crippen molar-refractivity contribution >= 4 is 39.8 Å². The Morgan fingerprint density at radius 1 is 1.19 bits per heavy atom. The molecule has 0 aliphatic carbocycles. The summed E-state index contributed by atoms with van der Waals surface area (Å²) in [6, 6.07) is 6.72. The van der Waals surface area contributed by atoms with Gasteiger partial charge in [-0.2, -0.15) is 5.26 Å². The van der Waals surface area contributed by atoms with E-state index in [2.05, 4.69) is 5.32 Å². The van der Waals surface area contributed by atoms with E-state index in [0.29, 0.717) is 48.4 Å². The molecule has 1 aromatic carbocycles. The number of nitrogens with one attached hydrogen (secondary N) is 1. The first-order valence-corrected chi connectivity index (χ1v) is 9.97. The average molecular weight is 437 g/mol. The minimum absolute atomic E-state index is 0.0793. The molecule has 0 bridgehead atoms. The Morgan fingerprint density at radius 3 is 2.47 bits per heavy atom. The molecule has 32 heavy (non-hydrogen) atoms. The van der Waals surface area contributed by atoms with Crippen LogP contribution in [0.25, 0.3) is 16.5 Å². The number of furan rings is 1. The van der Waals surface area contributed by atoms with Crippen molar-refractivity contribution in [2.75, 3.05) is 31.6 Å². The number of carbonyl (C=O) groups is 3. The third-order valence-corrected chi connectivity index (χ3v) is 5.07. The molecular weight excluding hydrogens is 414 g/mol. The largest absolute Gasteiger partial charge is 0.511 e. The second kappa shape index (κ2) is 9.49. The van der Waals surface area contributed by atoms with E-state index in [-0.39, 0.29) is 17.4 Å². The number of aliphatic hydroxyl groups is 1. The van der Waals surface area contributed by atoms with E-state index in [1.54, 1.807) is 36.1 Å². The van der Waals surface area contributed by atoms with E-state index in [4.69, 9.17) is 14.4 Å². The number of ether oxygens (including phenoxy) is 1. The van der Waals surface area contributed by atoms with Gasteiger partial charge in [-0.1, -0.05) is 6.07 Å². The number of carbonyl (C=O) groups excluding carboxylic acids is 3. The number of hydrogen-bond donors (Lipinski definition) is 2. The Kier molecular flexibility index (Phi) is 6.76. The molecule has 0 spiro atoms. The van der Waals surface area contributed by atoms with Crippen molar-refractivity contribution < 1.29 is 28.6 Å². The lowest BCUT2D eigenvalue weighted by Crippen LogP contribution is -2.39. The first-order valence-electron chi connectivity index (χ1n) is 9.97. The van der Waals surface area contributed by atoms with E-state index in [0.717, 1.165) is 0 Å². The molecule has 1 fully saturated rings. The van der Waals surface area contributed by atoms with Crippen LogP contribution in [0.1, 0.15) is 36.9 Å². The number of Topliss-reactive ketones (excluding diaryl/α,β-unsaturated/α-hetero) is 1. The molecule has 2 N–H and O–H groups in total. The van der Waals surface area contributed by atoms with Crippen LogP contribution in [0.3, 0.4) is 0 Å². The zero-order valence-electron chi connectivity index (χ0n) is 18.0. The molecule has 3 rings (SSSR count). The lowest BCUT2D eigenvalue weighted by atomic mass is 10.0. The summed E-state index contributed by atoms with van der Waals surface area (Å²) in [6.07, 6.45) is 1.53. The minimum Gasteiger partial charge on any atom is -0.511 e. The number of anilines is 1. The monoisotopic (exact) mass is 437 g/mol. The Labute approximate surface area is 184 Å². The molecule has 0 saturated carbocycles. The first-order chi connectivity index (χ1) is 15.2. The lowest BCUT2D eigenvalue weighted by molar-refractivity contribution is -0.129. The molecule has 2 heterocycles. The van der Waals surface area contributed by atoms with Gasteiger partial charge in [0.25, 0.3) is 5.91 Å². The van der Waals surface area contributed by atoms with Crippen molar-refractivity contribution in [1.29, 1.82) is 5.26 Å². The van der Waals surface area contributed by atoms with Crippen molar-refractivity contribution in [2.24, 2.45) is 0 Å². The zero-order chi connectivity index (χ0) is 23.4. The van der Waals surface area contributed by atoms with Crippen LogP contribution in [0.4, 0.5) is 5.69 Å². The number of morpholine rings is 1. The van der Waals surface area contributed by atoms with Crippen LogP contribution in [-0.2, 0) is 14.3 Å². The van der Waals surface area contributed by atoms with Gasteiger partial charge in [0.15, 0.2) is 17.1 Å². The number of amides is 2. The molecule has 0 radical (unpaired) electrons. The highest BCUT2D eigenvalue weighted by molar-refractivity contribution is 6.15. The quantitative estimate of drug-likeness (QED) is 0.318. The highest BCUT2D eigenvalue weighted by atomic mass is 16.5. The van der Waals surface area contributed by atoms with Crippen molar-refractivity contribution in [3.63, 3.8) is 0 Å². The van der Waals surface area contributed by atoms with Gasteiger partial charge in [-0.15, -0.1) is 0 Å². The number of hydrogen-bond acceptors (Lipinski definition) is 7. The van der Waals surface area contributed by atoms with Gasteiger partial charge in [-0.05, 0) is 37.1 Å². The highest BCUT2D eigenvalue weighted by Gasteiger charge is 2.23. The predicted molar refractivity (Wildman–Crippen MR) is 117 cm³/mol. The van der Waals surface area contributed by atoms with Crippen molar-refractivity contribution in [3.05, 3.63) is 46.9 Å². The SMILES string of the molecule is CC(=O)c1oc2ccc(/C(C)=C/C(=O)N3CCOCC3)cc2c1NC(=O)/C(C#N)=C(/C)O. The summed E-state index contributed by atoms with van der Waals surface area (Å²) in [5.41, 5.74) is 1.36.